The van der Waals surface area contributed by atoms with Crippen LogP contribution in [0.2, 0.25) is 0 Å². The van der Waals surface area contributed by atoms with Gasteiger partial charge in [-0.3, -0.25) is 9.36 Å². The van der Waals surface area contributed by atoms with E-state index in [2.05, 4.69) is 11.4 Å². The number of nitrogens with zero attached hydrogens (tertiary/aromatic N) is 1. The van der Waals surface area contributed by atoms with Gasteiger partial charge in [-0.25, -0.2) is 0 Å². The minimum Gasteiger partial charge on any atom is -0.489 e. The molecule has 2 aromatic carbocycles. The first-order chi connectivity index (χ1) is 14.3. The molecule has 0 bridgehead atoms. The molecule has 29 heavy (non-hydrogen) atoms. The van der Waals surface area contributed by atoms with Crippen LogP contribution >= 0.6 is 0 Å². The van der Waals surface area contributed by atoms with Gasteiger partial charge in [-0.05, 0) is 42.8 Å². The van der Waals surface area contributed by atoms with Gasteiger partial charge in [0.15, 0.2) is 0 Å². The molecule has 0 saturated heterocycles. The van der Waals surface area contributed by atoms with E-state index in [0.29, 0.717) is 12.4 Å². The van der Waals surface area contributed by atoms with Gasteiger partial charge in [0.05, 0.1) is 0 Å². The van der Waals surface area contributed by atoms with E-state index in [1.807, 2.05) is 48.5 Å². The maximum atomic E-state index is 12.7. The summed E-state index contributed by atoms with van der Waals surface area (Å²) in [7, 11) is 0. The number of furan rings is 1. The van der Waals surface area contributed by atoms with E-state index >= 15 is 0 Å². The van der Waals surface area contributed by atoms with Crippen LogP contribution in [0.4, 0.5) is 0 Å². The Hall–Kier alpha value is -3.31. The van der Waals surface area contributed by atoms with Crippen molar-refractivity contribution in [2.45, 2.75) is 19.4 Å². The summed E-state index contributed by atoms with van der Waals surface area (Å²) in [5, 5.41) is 4.50. The Morgan fingerprint density at radius 1 is 1.00 bits per heavy atom. The summed E-state index contributed by atoms with van der Waals surface area (Å²) in [5.74, 6) is 1.62. The highest BCUT2D eigenvalue weighted by molar-refractivity contribution is 5.84. The van der Waals surface area contributed by atoms with Crippen molar-refractivity contribution in [3.63, 3.8) is 0 Å². The van der Waals surface area contributed by atoms with E-state index in [1.165, 1.54) is 11.6 Å². The average molecular weight is 386 g/mol. The first-order valence-electron chi connectivity index (χ1n) is 9.93. The molecule has 1 N–H and O–H groups in total. The summed E-state index contributed by atoms with van der Waals surface area (Å²) < 4.78 is 13.5. The van der Waals surface area contributed by atoms with Crippen LogP contribution in [0.25, 0.3) is 16.7 Å². The van der Waals surface area contributed by atoms with Crippen molar-refractivity contribution < 1.29 is 9.15 Å². The number of hydrogen-bond acceptors (Lipinski definition) is 4. The van der Waals surface area contributed by atoms with Crippen molar-refractivity contribution in [3.8, 4) is 11.4 Å². The summed E-state index contributed by atoms with van der Waals surface area (Å²) in [5.41, 5.74) is 3.92. The van der Waals surface area contributed by atoms with E-state index in [-0.39, 0.29) is 5.56 Å². The molecule has 146 valence electrons. The third-order valence-corrected chi connectivity index (χ3v) is 5.36. The second-order valence-electron chi connectivity index (χ2n) is 7.28. The lowest BCUT2D eigenvalue weighted by atomic mass is 10.1. The van der Waals surface area contributed by atoms with E-state index in [0.717, 1.165) is 53.9 Å². The maximum absolute atomic E-state index is 12.7. The first kappa shape index (κ1) is 17.8. The van der Waals surface area contributed by atoms with Gasteiger partial charge in [-0.1, -0.05) is 30.3 Å². The van der Waals surface area contributed by atoms with Gasteiger partial charge in [0, 0.05) is 41.9 Å². The molecule has 1 aliphatic heterocycles. The van der Waals surface area contributed by atoms with Gasteiger partial charge in [0.1, 0.15) is 23.7 Å². The van der Waals surface area contributed by atoms with Crippen LogP contribution in [0.15, 0.2) is 76.1 Å². The highest BCUT2D eigenvalue weighted by Gasteiger charge is 2.17. The molecule has 0 atom stereocenters. The molecule has 5 rings (SSSR count). The Morgan fingerprint density at radius 2 is 1.86 bits per heavy atom. The quantitative estimate of drug-likeness (QED) is 0.579. The Kier molecular flexibility index (Phi) is 4.66. The Labute approximate surface area is 168 Å². The molecule has 0 saturated carbocycles. The molecule has 0 aliphatic carbocycles. The van der Waals surface area contributed by atoms with Crippen molar-refractivity contribution in [2.75, 3.05) is 13.1 Å². The molecule has 3 heterocycles. The third kappa shape index (κ3) is 3.57. The minimum absolute atomic E-state index is 0.119. The van der Waals surface area contributed by atoms with E-state index in [9.17, 15) is 4.79 Å². The Bertz CT molecular complexity index is 1210. The van der Waals surface area contributed by atoms with Gasteiger partial charge < -0.3 is 14.5 Å². The highest BCUT2D eigenvalue weighted by Crippen LogP contribution is 2.29. The number of benzene rings is 2. The number of aromatic nitrogens is 1. The zero-order valence-electron chi connectivity index (χ0n) is 16.1. The fourth-order valence-electron chi connectivity index (χ4n) is 3.86. The van der Waals surface area contributed by atoms with Crippen molar-refractivity contribution in [2.24, 2.45) is 0 Å². The number of pyridine rings is 1. The molecule has 1 aliphatic rings. The second-order valence-corrected chi connectivity index (χ2v) is 7.28. The number of hydrogen-bond donors (Lipinski definition) is 1. The molecule has 0 spiro atoms. The average Bonchev–Trinajstić information content (AvgIpc) is 2.93. The number of ether oxygens (including phenoxy) is 1. The molecule has 2 aromatic heterocycles. The van der Waals surface area contributed by atoms with Crippen molar-refractivity contribution in [1.82, 2.24) is 9.88 Å². The van der Waals surface area contributed by atoms with Crippen molar-refractivity contribution in [3.05, 3.63) is 94.1 Å². The second kappa shape index (κ2) is 7.60. The van der Waals surface area contributed by atoms with Crippen LogP contribution in [0.3, 0.4) is 0 Å². The fourth-order valence-corrected chi connectivity index (χ4v) is 3.86. The van der Waals surface area contributed by atoms with Crippen molar-refractivity contribution >= 4 is 11.0 Å². The van der Waals surface area contributed by atoms with Crippen LogP contribution in [0.5, 0.6) is 5.75 Å². The van der Waals surface area contributed by atoms with Gasteiger partial charge in [-0.2, -0.15) is 0 Å². The molecule has 0 radical (unpaired) electrons. The summed E-state index contributed by atoms with van der Waals surface area (Å²) >= 11 is 0. The molecular formula is C24H22N2O3. The SMILES string of the molecule is O=c1cc(OCc2ccccc2)ccn1-c1ccc2oc3c(c2c1)CCNCC3. The molecule has 4 aromatic rings. The largest absolute Gasteiger partial charge is 0.489 e. The standard InChI is InChI=1S/C24H22N2O3/c27-24-15-19(28-16-17-4-2-1-3-5-17)10-13-26(24)18-6-7-22-21(14-18)20-8-11-25-12-9-23(20)29-22/h1-7,10,13-15,25H,8-9,11-12,16H2. The summed E-state index contributed by atoms with van der Waals surface area (Å²) in [6, 6.07) is 19.2. The van der Waals surface area contributed by atoms with E-state index < -0.39 is 0 Å². The van der Waals surface area contributed by atoms with Crippen LogP contribution in [0.1, 0.15) is 16.9 Å². The number of nitrogens with one attached hydrogen (secondary N) is 1. The summed E-state index contributed by atoms with van der Waals surface area (Å²) in [4.78, 5) is 12.7. The van der Waals surface area contributed by atoms with E-state index in [4.69, 9.17) is 9.15 Å². The number of rotatable bonds is 4. The van der Waals surface area contributed by atoms with Gasteiger partial charge in [0.2, 0.25) is 0 Å². The lowest BCUT2D eigenvalue weighted by molar-refractivity contribution is 0.305. The zero-order valence-corrected chi connectivity index (χ0v) is 16.1. The Balaban J connectivity index is 1.43. The lowest BCUT2D eigenvalue weighted by Crippen LogP contribution is -2.17. The van der Waals surface area contributed by atoms with Gasteiger partial charge in [0.25, 0.3) is 5.56 Å². The minimum atomic E-state index is -0.119. The molecular weight excluding hydrogens is 364 g/mol. The van der Waals surface area contributed by atoms with Gasteiger partial charge >= 0.3 is 0 Å². The summed E-state index contributed by atoms with van der Waals surface area (Å²) in [6.45, 7) is 2.31. The van der Waals surface area contributed by atoms with Gasteiger partial charge in [-0.15, -0.1) is 0 Å². The topological polar surface area (TPSA) is 56.4 Å². The third-order valence-electron chi connectivity index (χ3n) is 5.36. The molecule has 5 nitrogen and oxygen atoms in total. The lowest BCUT2D eigenvalue weighted by Gasteiger charge is -2.09. The normalized spacial score (nSPS) is 13.8. The first-order valence-corrected chi connectivity index (χ1v) is 9.93. The van der Waals surface area contributed by atoms with Crippen LogP contribution in [0, 0.1) is 0 Å². The summed E-state index contributed by atoms with van der Waals surface area (Å²) in [6.07, 6.45) is 3.60. The van der Waals surface area contributed by atoms with Crippen LogP contribution in [-0.4, -0.2) is 17.7 Å². The van der Waals surface area contributed by atoms with Crippen LogP contribution < -0.4 is 15.6 Å². The molecule has 0 fully saturated rings. The predicted octanol–water partition coefficient (Wildman–Crippen LogP) is 3.85. The number of fused-ring (bicyclic) bond motifs is 3. The smallest absolute Gasteiger partial charge is 0.258 e. The molecule has 5 heteroatoms. The Morgan fingerprint density at radius 3 is 2.72 bits per heavy atom. The highest BCUT2D eigenvalue weighted by atomic mass is 16.5. The van der Waals surface area contributed by atoms with E-state index in [1.54, 1.807) is 10.8 Å². The monoisotopic (exact) mass is 386 g/mol. The molecule has 0 amide bonds. The van der Waals surface area contributed by atoms with Crippen LogP contribution in [-0.2, 0) is 19.4 Å². The predicted molar refractivity (Wildman–Crippen MR) is 113 cm³/mol. The zero-order chi connectivity index (χ0) is 19.6. The maximum Gasteiger partial charge on any atom is 0.258 e. The molecule has 0 unspecified atom stereocenters. The van der Waals surface area contributed by atoms with Crippen molar-refractivity contribution in [1.29, 1.82) is 0 Å². The fraction of sp³-hybridized carbons (Fsp3) is 0.208.